The normalized spacial score (nSPS) is 14.1. The van der Waals surface area contributed by atoms with Crippen LogP contribution < -0.4 is 10.6 Å². The van der Waals surface area contributed by atoms with E-state index in [1.165, 1.54) is 11.1 Å². The summed E-state index contributed by atoms with van der Waals surface area (Å²) in [5.41, 5.74) is 4.68. The summed E-state index contributed by atoms with van der Waals surface area (Å²) in [5, 5.41) is 14.7. The number of alkyl carbamates (subject to hydrolysis) is 1. The molecule has 2 atom stereocenters. The van der Waals surface area contributed by atoms with Crippen LogP contribution in [0.3, 0.4) is 0 Å². The molecule has 1 unspecified atom stereocenters. The summed E-state index contributed by atoms with van der Waals surface area (Å²) in [4.78, 5) is 35.9. The SMILES string of the molecule is CC(C)C[C@H](NC(=O)C(C)CCCNC(=O)OCC1c2ccccc2-c2ccccc21)C(=O)O. The molecule has 2 aromatic rings. The molecule has 0 fully saturated rings. The predicted molar refractivity (Wildman–Crippen MR) is 130 cm³/mol. The number of hydrogen-bond donors (Lipinski definition) is 3. The van der Waals surface area contributed by atoms with Crippen LogP contribution in [0.4, 0.5) is 4.79 Å². The molecule has 0 saturated carbocycles. The summed E-state index contributed by atoms with van der Waals surface area (Å²) in [7, 11) is 0. The lowest BCUT2D eigenvalue weighted by atomic mass is 9.98. The molecule has 182 valence electrons. The highest BCUT2D eigenvalue weighted by atomic mass is 16.5. The molecule has 34 heavy (non-hydrogen) atoms. The van der Waals surface area contributed by atoms with Gasteiger partial charge >= 0.3 is 12.1 Å². The van der Waals surface area contributed by atoms with Crippen LogP contribution in [0.15, 0.2) is 48.5 Å². The van der Waals surface area contributed by atoms with Gasteiger partial charge in [0.05, 0.1) is 0 Å². The number of carboxylic acid groups (broad SMARTS) is 1. The third-order valence-electron chi connectivity index (χ3n) is 6.20. The Kier molecular flexibility index (Phi) is 8.68. The van der Waals surface area contributed by atoms with Crippen LogP contribution in [-0.4, -0.2) is 42.3 Å². The molecular formula is C27H34N2O5. The van der Waals surface area contributed by atoms with E-state index in [9.17, 15) is 19.5 Å². The van der Waals surface area contributed by atoms with Gasteiger partial charge in [-0.25, -0.2) is 9.59 Å². The van der Waals surface area contributed by atoms with E-state index >= 15 is 0 Å². The van der Waals surface area contributed by atoms with Gasteiger partial charge in [0.1, 0.15) is 12.6 Å². The maximum atomic E-state index is 12.3. The van der Waals surface area contributed by atoms with Gasteiger partial charge in [0.25, 0.3) is 0 Å². The lowest BCUT2D eigenvalue weighted by Gasteiger charge is -2.19. The fraction of sp³-hybridized carbons (Fsp3) is 0.444. The number of ether oxygens (including phenoxy) is 1. The van der Waals surface area contributed by atoms with Gasteiger partial charge < -0.3 is 20.5 Å². The van der Waals surface area contributed by atoms with E-state index in [0.717, 1.165) is 11.1 Å². The molecule has 2 amide bonds. The van der Waals surface area contributed by atoms with Crippen molar-refractivity contribution in [3.63, 3.8) is 0 Å². The van der Waals surface area contributed by atoms with Gasteiger partial charge in [-0.2, -0.15) is 0 Å². The molecule has 3 N–H and O–H groups in total. The van der Waals surface area contributed by atoms with E-state index in [0.29, 0.717) is 25.8 Å². The summed E-state index contributed by atoms with van der Waals surface area (Å²) in [6.45, 7) is 6.23. The summed E-state index contributed by atoms with van der Waals surface area (Å²) >= 11 is 0. The van der Waals surface area contributed by atoms with Crippen LogP contribution in [0, 0.1) is 11.8 Å². The number of fused-ring (bicyclic) bond motifs is 3. The number of carbonyl (C=O) groups excluding carboxylic acids is 2. The van der Waals surface area contributed by atoms with Crippen molar-refractivity contribution in [2.75, 3.05) is 13.2 Å². The van der Waals surface area contributed by atoms with Gasteiger partial charge in [0.2, 0.25) is 5.91 Å². The number of rotatable bonds is 11. The van der Waals surface area contributed by atoms with Crippen molar-refractivity contribution in [1.29, 1.82) is 0 Å². The Morgan fingerprint density at radius 2 is 1.56 bits per heavy atom. The van der Waals surface area contributed by atoms with Crippen molar-refractivity contribution >= 4 is 18.0 Å². The number of nitrogens with one attached hydrogen (secondary N) is 2. The number of benzene rings is 2. The fourth-order valence-electron chi connectivity index (χ4n) is 4.39. The number of hydrogen-bond acceptors (Lipinski definition) is 4. The van der Waals surface area contributed by atoms with Crippen molar-refractivity contribution in [2.24, 2.45) is 11.8 Å². The molecule has 1 aliphatic carbocycles. The number of amides is 2. The smallest absolute Gasteiger partial charge is 0.407 e. The van der Waals surface area contributed by atoms with Crippen molar-refractivity contribution in [2.45, 2.75) is 52.0 Å². The summed E-state index contributed by atoms with van der Waals surface area (Å²) in [6.07, 6.45) is 1.02. The number of carbonyl (C=O) groups is 3. The number of aliphatic carboxylic acids is 1. The molecule has 0 heterocycles. The van der Waals surface area contributed by atoms with Crippen LogP contribution in [0.2, 0.25) is 0 Å². The topological polar surface area (TPSA) is 105 Å². The average Bonchev–Trinajstić information content (AvgIpc) is 3.13. The van der Waals surface area contributed by atoms with Gasteiger partial charge in [-0.15, -0.1) is 0 Å². The zero-order valence-electron chi connectivity index (χ0n) is 20.0. The second kappa shape index (κ2) is 11.7. The Balaban J connectivity index is 1.41. The Labute approximate surface area is 200 Å². The molecule has 0 radical (unpaired) electrons. The minimum absolute atomic E-state index is 0.00916. The maximum Gasteiger partial charge on any atom is 0.407 e. The van der Waals surface area contributed by atoms with Crippen LogP contribution in [-0.2, 0) is 14.3 Å². The monoisotopic (exact) mass is 466 g/mol. The zero-order valence-corrected chi connectivity index (χ0v) is 20.0. The standard InChI is InChI=1S/C27H34N2O5/c1-17(2)15-24(26(31)32)29-25(30)18(3)9-8-14-28-27(33)34-16-23-21-12-6-4-10-19(21)20-11-5-7-13-22(20)23/h4-7,10-13,17-18,23-24H,8-9,14-16H2,1-3H3,(H,28,33)(H,29,30)(H,31,32)/t18?,24-/m0/s1. The molecular weight excluding hydrogens is 432 g/mol. The molecule has 0 saturated heterocycles. The van der Waals surface area contributed by atoms with Gasteiger partial charge in [0, 0.05) is 18.4 Å². The van der Waals surface area contributed by atoms with E-state index in [1.54, 1.807) is 6.92 Å². The first-order valence-corrected chi connectivity index (χ1v) is 11.9. The van der Waals surface area contributed by atoms with Crippen LogP contribution in [0.5, 0.6) is 0 Å². The molecule has 7 nitrogen and oxygen atoms in total. The third-order valence-corrected chi connectivity index (χ3v) is 6.20. The van der Waals surface area contributed by atoms with E-state index < -0.39 is 18.1 Å². The largest absolute Gasteiger partial charge is 0.480 e. The van der Waals surface area contributed by atoms with Crippen LogP contribution in [0.25, 0.3) is 11.1 Å². The van der Waals surface area contributed by atoms with Crippen molar-refractivity contribution in [3.05, 3.63) is 59.7 Å². The molecule has 7 heteroatoms. The Bertz CT molecular complexity index is 974. The van der Waals surface area contributed by atoms with Gasteiger partial charge in [-0.05, 0) is 47.4 Å². The van der Waals surface area contributed by atoms with Crippen LogP contribution in [0.1, 0.15) is 57.1 Å². The third kappa shape index (κ3) is 6.37. The van der Waals surface area contributed by atoms with E-state index in [2.05, 4.69) is 34.9 Å². The van der Waals surface area contributed by atoms with Crippen LogP contribution >= 0.6 is 0 Å². The summed E-state index contributed by atoms with van der Waals surface area (Å²) < 4.78 is 5.52. The lowest BCUT2D eigenvalue weighted by Crippen LogP contribution is -2.44. The minimum Gasteiger partial charge on any atom is -0.480 e. The molecule has 3 rings (SSSR count). The van der Waals surface area contributed by atoms with E-state index in [-0.39, 0.29) is 30.3 Å². The summed E-state index contributed by atoms with van der Waals surface area (Å²) in [6, 6.07) is 15.5. The Morgan fingerprint density at radius 3 is 2.12 bits per heavy atom. The highest BCUT2D eigenvalue weighted by molar-refractivity contribution is 5.84. The van der Waals surface area contributed by atoms with Crippen molar-refractivity contribution in [1.82, 2.24) is 10.6 Å². The fourth-order valence-corrected chi connectivity index (χ4v) is 4.39. The lowest BCUT2D eigenvalue weighted by molar-refractivity contribution is -0.142. The van der Waals surface area contributed by atoms with E-state index in [4.69, 9.17) is 4.74 Å². The van der Waals surface area contributed by atoms with Gasteiger partial charge in [0.15, 0.2) is 0 Å². The molecule has 0 aromatic heterocycles. The van der Waals surface area contributed by atoms with Crippen molar-refractivity contribution < 1.29 is 24.2 Å². The first kappa shape index (κ1) is 25.3. The first-order chi connectivity index (χ1) is 16.3. The summed E-state index contributed by atoms with van der Waals surface area (Å²) in [5.74, 6) is -1.48. The zero-order chi connectivity index (χ0) is 24.7. The average molecular weight is 467 g/mol. The highest BCUT2D eigenvalue weighted by Crippen LogP contribution is 2.44. The van der Waals surface area contributed by atoms with E-state index in [1.807, 2.05) is 38.1 Å². The minimum atomic E-state index is -1.02. The Morgan fingerprint density at radius 1 is 0.971 bits per heavy atom. The molecule has 1 aliphatic rings. The molecule has 0 spiro atoms. The predicted octanol–water partition coefficient (Wildman–Crippen LogP) is 4.56. The molecule has 2 aromatic carbocycles. The van der Waals surface area contributed by atoms with Gasteiger partial charge in [-0.3, -0.25) is 4.79 Å². The second-order valence-electron chi connectivity index (χ2n) is 9.32. The van der Waals surface area contributed by atoms with Gasteiger partial charge in [-0.1, -0.05) is 69.3 Å². The Hall–Kier alpha value is -3.35. The second-order valence-corrected chi connectivity index (χ2v) is 9.32. The number of carboxylic acids is 1. The molecule has 0 aliphatic heterocycles. The highest BCUT2D eigenvalue weighted by Gasteiger charge is 2.29. The first-order valence-electron chi connectivity index (χ1n) is 11.9. The van der Waals surface area contributed by atoms with Crippen molar-refractivity contribution in [3.8, 4) is 11.1 Å². The molecule has 0 bridgehead atoms. The quantitative estimate of drug-likeness (QED) is 0.421. The maximum absolute atomic E-state index is 12.3.